The molecule has 2 heterocycles. The van der Waals surface area contributed by atoms with Gasteiger partial charge in [0.25, 0.3) is 5.69 Å². The standard InChI is InChI=1S/C21H20N6O4S/c22-19(29)13-7-8-17(16(11-13)27(30)31)32-12-18(28)25-20-21(26-9-3-4-10-26)24-15-6-2-1-5-14(15)23-20/h1-2,5-8,11H,3-4,9-10,12H2,(H2,22,29)(H,23,25,28). The molecule has 0 spiro atoms. The summed E-state index contributed by atoms with van der Waals surface area (Å²) in [6, 6.07) is 11.4. The molecule has 1 fully saturated rings. The Bertz CT molecular complexity index is 1210. The number of anilines is 2. The second-order valence-corrected chi connectivity index (χ2v) is 8.24. The molecule has 10 nitrogen and oxygen atoms in total. The van der Waals surface area contributed by atoms with Crippen molar-refractivity contribution in [3.63, 3.8) is 0 Å². The number of nitrogens with two attached hydrogens (primary N) is 1. The lowest BCUT2D eigenvalue weighted by molar-refractivity contribution is -0.387. The Morgan fingerprint density at radius 1 is 1.12 bits per heavy atom. The number of aromatic nitrogens is 2. The van der Waals surface area contributed by atoms with Crippen LogP contribution in [-0.4, -0.2) is 45.5 Å². The molecule has 0 atom stereocenters. The van der Waals surface area contributed by atoms with E-state index in [0.29, 0.717) is 17.2 Å². The zero-order valence-electron chi connectivity index (χ0n) is 17.0. The van der Waals surface area contributed by atoms with Crippen LogP contribution in [0, 0.1) is 10.1 Å². The molecular formula is C21H20N6O4S. The molecule has 2 aromatic carbocycles. The van der Waals surface area contributed by atoms with Crippen LogP contribution in [0.5, 0.6) is 0 Å². The van der Waals surface area contributed by atoms with Crippen molar-refractivity contribution in [2.45, 2.75) is 17.7 Å². The highest BCUT2D eigenvalue weighted by Crippen LogP contribution is 2.31. The minimum absolute atomic E-state index is 0.0344. The quantitative estimate of drug-likeness (QED) is 0.316. The number of hydrogen-bond donors (Lipinski definition) is 2. The Morgan fingerprint density at radius 3 is 2.47 bits per heavy atom. The van der Waals surface area contributed by atoms with Gasteiger partial charge >= 0.3 is 0 Å². The second-order valence-electron chi connectivity index (χ2n) is 7.22. The maximum atomic E-state index is 12.7. The Morgan fingerprint density at radius 2 is 1.81 bits per heavy atom. The lowest BCUT2D eigenvalue weighted by atomic mass is 10.2. The Balaban J connectivity index is 1.54. The normalized spacial score (nSPS) is 13.3. The number of nitrogens with one attached hydrogen (secondary N) is 1. The lowest BCUT2D eigenvalue weighted by Gasteiger charge is -2.20. The molecule has 1 aromatic heterocycles. The summed E-state index contributed by atoms with van der Waals surface area (Å²) in [5.74, 6) is -0.212. The van der Waals surface area contributed by atoms with Gasteiger partial charge in [0.2, 0.25) is 11.8 Å². The van der Waals surface area contributed by atoms with Gasteiger partial charge in [0.1, 0.15) is 0 Å². The van der Waals surface area contributed by atoms with E-state index < -0.39 is 10.8 Å². The minimum Gasteiger partial charge on any atom is -0.366 e. The van der Waals surface area contributed by atoms with Crippen LogP contribution < -0.4 is 16.0 Å². The molecule has 3 N–H and O–H groups in total. The number of primary amides is 1. The summed E-state index contributed by atoms with van der Waals surface area (Å²) in [4.78, 5) is 46.4. The van der Waals surface area contributed by atoms with E-state index in [1.165, 1.54) is 12.1 Å². The Hall–Kier alpha value is -3.73. The Kier molecular flexibility index (Phi) is 6.17. The molecule has 0 bridgehead atoms. The molecule has 1 saturated heterocycles. The predicted octanol–water partition coefficient (Wildman–Crippen LogP) is 2.97. The van der Waals surface area contributed by atoms with Crippen molar-refractivity contribution in [2.24, 2.45) is 5.73 Å². The molecule has 1 aliphatic rings. The van der Waals surface area contributed by atoms with Gasteiger partial charge in [-0.15, -0.1) is 11.8 Å². The number of nitro groups is 1. The molecule has 0 unspecified atom stereocenters. The van der Waals surface area contributed by atoms with Crippen molar-refractivity contribution in [2.75, 3.05) is 29.1 Å². The van der Waals surface area contributed by atoms with E-state index in [0.717, 1.165) is 49.3 Å². The maximum Gasteiger partial charge on any atom is 0.283 e. The number of thioether (sulfide) groups is 1. The summed E-state index contributed by atoms with van der Waals surface area (Å²) < 4.78 is 0. The number of rotatable bonds is 7. The first-order valence-electron chi connectivity index (χ1n) is 9.95. The zero-order valence-corrected chi connectivity index (χ0v) is 17.8. The third kappa shape index (κ3) is 4.62. The van der Waals surface area contributed by atoms with Gasteiger partial charge in [0.05, 0.1) is 26.6 Å². The van der Waals surface area contributed by atoms with Gasteiger partial charge in [-0.05, 0) is 37.1 Å². The molecule has 11 heteroatoms. The van der Waals surface area contributed by atoms with Crippen LogP contribution in [0.1, 0.15) is 23.2 Å². The summed E-state index contributed by atoms with van der Waals surface area (Å²) in [6.07, 6.45) is 2.09. The number of carbonyl (C=O) groups excluding carboxylic acids is 2. The number of amides is 2. The van der Waals surface area contributed by atoms with E-state index in [2.05, 4.69) is 15.2 Å². The first kappa shape index (κ1) is 21.5. The number of benzene rings is 2. The molecule has 164 valence electrons. The maximum absolute atomic E-state index is 12.7. The second kappa shape index (κ2) is 9.18. The highest BCUT2D eigenvalue weighted by molar-refractivity contribution is 8.00. The summed E-state index contributed by atoms with van der Waals surface area (Å²) in [6.45, 7) is 1.67. The molecule has 0 aliphatic carbocycles. The van der Waals surface area contributed by atoms with Gasteiger partial charge in [-0.25, -0.2) is 9.97 Å². The van der Waals surface area contributed by atoms with Crippen molar-refractivity contribution in [3.05, 3.63) is 58.1 Å². The average molecular weight is 452 g/mol. The van der Waals surface area contributed by atoms with Gasteiger partial charge in [0, 0.05) is 24.7 Å². The number of carbonyl (C=O) groups is 2. The fourth-order valence-electron chi connectivity index (χ4n) is 3.47. The van der Waals surface area contributed by atoms with E-state index >= 15 is 0 Å². The number of nitro benzene ring substituents is 1. The van der Waals surface area contributed by atoms with Gasteiger partial charge < -0.3 is 16.0 Å². The van der Waals surface area contributed by atoms with Gasteiger partial charge in [-0.1, -0.05) is 12.1 Å². The summed E-state index contributed by atoms with van der Waals surface area (Å²) in [5.41, 5.74) is 6.36. The van der Waals surface area contributed by atoms with Crippen LogP contribution in [-0.2, 0) is 4.79 Å². The van der Waals surface area contributed by atoms with Crippen molar-refractivity contribution < 1.29 is 14.5 Å². The first-order valence-corrected chi connectivity index (χ1v) is 10.9. The lowest BCUT2D eigenvalue weighted by Crippen LogP contribution is -2.24. The van der Waals surface area contributed by atoms with Crippen molar-refractivity contribution in [3.8, 4) is 0 Å². The molecule has 4 rings (SSSR count). The largest absolute Gasteiger partial charge is 0.366 e. The number of hydrogen-bond acceptors (Lipinski definition) is 8. The fraction of sp³-hybridized carbons (Fsp3) is 0.238. The van der Waals surface area contributed by atoms with E-state index in [4.69, 9.17) is 10.7 Å². The summed E-state index contributed by atoms with van der Waals surface area (Å²) >= 11 is 0.997. The van der Waals surface area contributed by atoms with E-state index in [9.17, 15) is 19.7 Å². The zero-order chi connectivity index (χ0) is 22.7. The minimum atomic E-state index is -0.758. The molecule has 0 radical (unpaired) electrons. The highest BCUT2D eigenvalue weighted by atomic mass is 32.2. The molecule has 0 saturated carbocycles. The smallest absolute Gasteiger partial charge is 0.283 e. The number of nitrogens with zero attached hydrogens (tertiary/aromatic N) is 4. The van der Waals surface area contributed by atoms with E-state index in [1.54, 1.807) is 0 Å². The molecular weight excluding hydrogens is 432 g/mol. The summed E-state index contributed by atoms with van der Waals surface area (Å²) in [7, 11) is 0. The van der Waals surface area contributed by atoms with E-state index in [-0.39, 0.29) is 27.8 Å². The SMILES string of the molecule is NC(=O)c1ccc(SCC(=O)Nc2nc3ccccc3nc2N2CCCC2)c([N+](=O)[O-])c1. The van der Waals surface area contributed by atoms with Crippen molar-refractivity contribution in [1.82, 2.24) is 9.97 Å². The topological polar surface area (TPSA) is 144 Å². The van der Waals surface area contributed by atoms with Gasteiger partial charge in [-0.3, -0.25) is 19.7 Å². The highest BCUT2D eigenvalue weighted by Gasteiger charge is 2.22. The number of para-hydroxylation sites is 2. The van der Waals surface area contributed by atoms with Gasteiger partial charge in [0.15, 0.2) is 11.6 Å². The van der Waals surface area contributed by atoms with Crippen molar-refractivity contribution in [1.29, 1.82) is 0 Å². The predicted molar refractivity (Wildman–Crippen MR) is 122 cm³/mol. The van der Waals surface area contributed by atoms with Crippen LogP contribution in [0.15, 0.2) is 47.4 Å². The average Bonchev–Trinajstić information content (AvgIpc) is 3.31. The van der Waals surface area contributed by atoms with Crippen LogP contribution >= 0.6 is 11.8 Å². The molecule has 1 aliphatic heterocycles. The fourth-order valence-corrected chi connectivity index (χ4v) is 4.28. The third-order valence-electron chi connectivity index (χ3n) is 5.01. The van der Waals surface area contributed by atoms with Crippen LogP contribution in [0.25, 0.3) is 11.0 Å². The third-order valence-corrected chi connectivity index (χ3v) is 6.08. The van der Waals surface area contributed by atoms with Gasteiger partial charge in [-0.2, -0.15) is 0 Å². The summed E-state index contributed by atoms with van der Waals surface area (Å²) in [5, 5.41) is 14.2. The van der Waals surface area contributed by atoms with Crippen molar-refractivity contribution >= 4 is 51.9 Å². The molecule has 2 amide bonds. The number of fused-ring (bicyclic) bond motifs is 1. The molecule has 32 heavy (non-hydrogen) atoms. The van der Waals surface area contributed by atoms with Crippen LogP contribution in [0.2, 0.25) is 0 Å². The van der Waals surface area contributed by atoms with Crippen LogP contribution in [0.4, 0.5) is 17.3 Å². The molecule has 3 aromatic rings. The van der Waals surface area contributed by atoms with E-state index in [1.807, 2.05) is 24.3 Å². The van der Waals surface area contributed by atoms with Crippen LogP contribution in [0.3, 0.4) is 0 Å². The Labute approximate surface area is 187 Å². The first-order chi connectivity index (χ1) is 15.4. The monoisotopic (exact) mass is 452 g/mol.